The topological polar surface area (TPSA) is 38.3 Å². The van der Waals surface area contributed by atoms with Gasteiger partial charge in [0.25, 0.3) is 5.91 Å². The summed E-state index contributed by atoms with van der Waals surface area (Å²) < 4.78 is 5.35. The largest absolute Gasteiger partial charge is 0.482 e. The first-order valence-electron chi connectivity index (χ1n) is 6.09. The van der Waals surface area contributed by atoms with Crippen molar-refractivity contribution in [1.82, 2.24) is 0 Å². The average molecular weight is 353 g/mol. The highest BCUT2D eigenvalue weighted by molar-refractivity contribution is 9.09. The van der Waals surface area contributed by atoms with Gasteiger partial charge in [-0.2, -0.15) is 0 Å². The van der Waals surface area contributed by atoms with Crippen molar-refractivity contribution in [2.75, 3.05) is 11.9 Å². The number of alkyl halides is 1. The van der Waals surface area contributed by atoms with Crippen LogP contribution >= 0.6 is 27.5 Å². The molecule has 1 unspecified atom stereocenters. The zero-order chi connectivity index (χ0) is 14.1. The molecule has 0 bridgehead atoms. The van der Waals surface area contributed by atoms with E-state index < -0.39 is 0 Å². The molecule has 5 heteroatoms. The summed E-state index contributed by atoms with van der Waals surface area (Å²) in [6.45, 7) is 0.0707. The van der Waals surface area contributed by atoms with Crippen LogP contribution in [0.15, 0.2) is 42.5 Å². The predicted octanol–water partition coefficient (Wildman–Crippen LogP) is 4.16. The molecule has 1 aliphatic heterocycles. The molecule has 3 rings (SSSR count). The van der Waals surface area contributed by atoms with Gasteiger partial charge >= 0.3 is 0 Å². The van der Waals surface area contributed by atoms with Gasteiger partial charge < -0.3 is 10.1 Å². The second kappa shape index (κ2) is 5.46. The number of anilines is 1. The van der Waals surface area contributed by atoms with E-state index in [1.165, 1.54) is 0 Å². The number of fused-ring (bicyclic) bond motifs is 1. The zero-order valence-corrected chi connectivity index (χ0v) is 12.7. The maximum absolute atomic E-state index is 11.4. The molecule has 2 aromatic carbocycles. The highest BCUT2D eigenvalue weighted by Crippen LogP contribution is 2.36. The molecule has 0 spiro atoms. The lowest BCUT2D eigenvalue weighted by Crippen LogP contribution is -2.25. The highest BCUT2D eigenvalue weighted by atomic mass is 79.9. The fraction of sp³-hybridized carbons (Fsp3) is 0.133. The molecule has 1 aliphatic rings. The lowest BCUT2D eigenvalue weighted by Gasteiger charge is -2.20. The zero-order valence-electron chi connectivity index (χ0n) is 10.4. The van der Waals surface area contributed by atoms with E-state index in [0.717, 1.165) is 11.1 Å². The third kappa shape index (κ3) is 2.67. The van der Waals surface area contributed by atoms with Crippen LogP contribution in [-0.2, 0) is 4.79 Å². The molecule has 3 nitrogen and oxygen atoms in total. The van der Waals surface area contributed by atoms with Gasteiger partial charge in [0.15, 0.2) is 6.61 Å². The van der Waals surface area contributed by atoms with E-state index in [9.17, 15) is 4.79 Å². The monoisotopic (exact) mass is 351 g/mol. The standard InChI is InChI=1S/C15H11BrClNO2/c16-15(9-1-4-11(17)5-2-9)10-3-6-13-12(7-10)18-14(19)8-20-13/h1-7,15H,8H2,(H,18,19). The SMILES string of the molecule is O=C1COc2ccc(C(Br)c3ccc(Cl)cc3)cc2N1. The molecule has 2 aromatic rings. The fourth-order valence-electron chi connectivity index (χ4n) is 2.08. The Morgan fingerprint density at radius 2 is 1.85 bits per heavy atom. The minimum Gasteiger partial charge on any atom is -0.482 e. The van der Waals surface area contributed by atoms with Gasteiger partial charge in [0.2, 0.25) is 0 Å². The van der Waals surface area contributed by atoms with Crippen LogP contribution < -0.4 is 10.1 Å². The Morgan fingerprint density at radius 3 is 2.60 bits per heavy atom. The maximum atomic E-state index is 11.4. The molecule has 1 heterocycles. The second-order valence-electron chi connectivity index (χ2n) is 4.51. The fourth-order valence-corrected chi connectivity index (χ4v) is 2.80. The van der Waals surface area contributed by atoms with Gasteiger partial charge in [-0.1, -0.05) is 45.7 Å². The van der Waals surface area contributed by atoms with Gasteiger partial charge in [-0.3, -0.25) is 4.79 Å². The number of benzene rings is 2. The van der Waals surface area contributed by atoms with E-state index in [-0.39, 0.29) is 17.3 Å². The van der Waals surface area contributed by atoms with Crippen LogP contribution in [0.25, 0.3) is 0 Å². The Balaban J connectivity index is 1.92. The summed E-state index contributed by atoms with van der Waals surface area (Å²) in [4.78, 5) is 11.4. The van der Waals surface area contributed by atoms with Crippen molar-refractivity contribution in [2.45, 2.75) is 4.83 Å². The molecule has 0 radical (unpaired) electrons. The molecule has 0 aliphatic carbocycles. The molecule has 0 saturated carbocycles. The first kappa shape index (κ1) is 13.5. The normalized spacial score (nSPS) is 15.0. The number of carbonyl (C=O) groups excluding carboxylic acids is 1. The number of carbonyl (C=O) groups is 1. The molecular weight excluding hydrogens is 342 g/mol. The Bertz CT molecular complexity index is 657. The highest BCUT2D eigenvalue weighted by Gasteiger charge is 2.18. The van der Waals surface area contributed by atoms with Gasteiger partial charge in [-0.15, -0.1) is 0 Å². The molecule has 102 valence electrons. The van der Waals surface area contributed by atoms with Crippen molar-refractivity contribution in [3.8, 4) is 5.75 Å². The second-order valence-corrected chi connectivity index (χ2v) is 5.86. The van der Waals surface area contributed by atoms with Crippen LogP contribution in [0.2, 0.25) is 5.02 Å². The van der Waals surface area contributed by atoms with E-state index in [1.807, 2.05) is 42.5 Å². The molecular formula is C15H11BrClNO2. The molecule has 0 fully saturated rings. The summed E-state index contributed by atoms with van der Waals surface area (Å²) in [5.74, 6) is 0.566. The molecule has 20 heavy (non-hydrogen) atoms. The Morgan fingerprint density at radius 1 is 1.15 bits per heavy atom. The summed E-state index contributed by atoms with van der Waals surface area (Å²) in [6.07, 6.45) is 0. The lowest BCUT2D eigenvalue weighted by molar-refractivity contribution is -0.118. The van der Waals surface area contributed by atoms with Gasteiger partial charge in [0.05, 0.1) is 10.5 Å². The predicted molar refractivity (Wildman–Crippen MR) is 82.8 cm³/mol. The average Bonchev–Trinajstić information content (AvgIpc) is 2.46. The number of nitrogens with one attached hydrogen (secondary N) is 1. The third-order valence-electron chi connectivity index (χ3n) is 3.09. The number of rotatable bonds is 2. The van der Waals surface area contributed by atoms with E-state index in [0.29, 0.717) is 16.5 Å². The number of amides is 1. The van der Waals surface area contributed by atoms with Crippen molar-refractivity contribution in [2.24, 2.45) is 0 Å². The van der Waals surface area contributed by atoms with Crippen molar-refractivity contribution >= 4 is 39.1 Å². The number of hydrogen-bond acceptors (Lipinski definition) is 2. The molecule has 1 N–H and O–H groups in total. The third-order valence-corrected chi connectivity index (χ3v) is 4.40. The summed E-state index contributed by atoms with van der Waals surface area (Å²) >= 11 is 9.56. The number of halogens is 2. The van der Waals surface area contributed by atoms with Crippen LogP contribution in [0.3, 0.4) is 0 Å². The van der Waals surface area contributed by atoms with Gasteiger partial charge in [0, 0.05) is 5.02 Å². The Labute approximate surface area is 130 Å². The van der Waals surface area contributed by atoms with Crippen molar-refractivity contribution < 1.29 is 9.53 Å². The number of hydrogen-bond donors (Lipinski definition) is 1. The van der Waals surface area contributed by atoms with Crippen molar-refractivity contribution in [3.05, 3.63) is 58.6 Å². The van der Waals surface area contributed by atoms with Crippen LogP contribution in [0.4, 0.5) is 5.69 Å². The van der Waals surface area contributed by atoms with Crippen molar-refractivity contribution in [3.63, 3.8) is 0 Å². The Kier molecular flexibility index (Phi) is 3.68. The summed E-state index contributed by atoms with van der Waals surface area (Å²) in [6, 6.07) is 13.4. The van der Waals surface area contributed by atoms with Crippen LogP contribution in [0.1, 0.15) is 16.0 Å². The van der Waals surface area contributed by atoms with Crippen LogP contribution in [0, 0.1) is 0 Å². The maximum Gasteiger partial charge on any atom is 0.262 e. The Hall–Kier alpha value is -1.52. The molecule has 1 amide bonds. The smallest absolute Gasteiger partial charge is 0.262 e. The van der Waals surface area contributed by atoms with Gasteiger partial charge in [-0.25, -0.2) is 0 Å². The lowest BCUT2D eigenvalue weighted by atomic mass is 10.0. The first-order valence-corrected chi connectivity index (χ1v) is 7.39. The van der Waals surface area contributed by atoms with E-state index in [1.54, 1.807) is 0 Å². The van der Waals surface area contributed by atoms with Crippen LogP contribution in [0.5, 0.6) is 5.75 Å². The van der Waals surface area contributed by atoms with E-state index in [2.05, 4.69) is 21.2 Å². The minimum absolute atomic E-state index is 0.0314. The summed E-state index contributed by atoms with van der Waals surface area (Å²) in [7, 11) is 0. The van der Waals surface area contributed by atoms with Crippen LogP contribution in [-0.4, -0.2) is 12.5 Å². The van der Waals surface area contributed by atoms with E-state index in [4.69, 9.17) is 16.3 Å². The number of ether oxygens (including phenoxy) is 1. The summed E-state index contributed by atoms with van der Waals surface area (Å²) in [5.41, 5.74) is 2.84. The van der Waals surface area contributed by atoms with E-state index >= 15 is 0 Å². The minimum atomic E-state index is -0.132. The van der Waals surface area contributed by atoms with Gasteiger partial charge in [-0.05, 0) is 35.4 Å². The van der Waals surface area contributed by atoms with Crippen molar-refractivity contribution in [1.29, 1.82) is 0 Å². The molecule has 1 atom stereocenters. The molecule has 0 aromatic heterocycles. The summed E-state index contributed by atoms with van der Waals surface area (Å²) in [5, 5.41) is 3.52. The first-order chi connectivity index (χ1) is 9.63. The quantitative estimate of drug-likeness (QED) is 0.824. The molecule has 0 saturated heterocycles. The van der Waals surface area contributed by atoms with Gasteiger partial charge in [0.1, 0.15) is 5.75 Å².